The summed E-state index contributed by atoms with van der Waals surface area (Å²) in [5.74, 6) is 0.835. The summed E-state index contributed by atoms with van der Waals surface area (Å²) < 4.78 is 5.11. The average molecular weight is 323 g/mol. The molecule has 5 heteroatoms. The van der Waals surface area contributed by atoms with Crippen LogP contribution in [0.5, 0.6) is 5.75 Å². The van der Waals surface area contributed by atoms with Crippen molar-refractivity contribution in [3.8, 4) is 11.8 Å². The summed E-state index contributed by atoms with van der Waals surface area (Å²) in [5, 5.41) is 14.9. The van der Waals surface area contributed by atoms with Gasteiger partial charge in [-0.2, -0.15) is 5.26 Å². The largest absolute Gasteiger partial charge is 0.497 e. The molecule has 2 aromatic rings. The van der Waals surface area contributed by atoms with Gasteiger partial charge in [-0.3, -0.25) is 4.79 Å². The number of amides is 1. The maximum absolute atomic E-state index is 11.8. The normalized spacial score (nSPS) is 9.83. The van der Waals surface area contributed by atoms with Gasteiger partial charge in [-0.25, -0.2) is 0 Å². The molecule has 0 aliphatic carbocycles. The second-order valence-corrected chi connectivity index (χ2v) is 5.32. The lowest BCUT2D eigenvalue weighted by Crippen LogP contribution is -2.27. The standard InChI is InChI=1S/C19H21N3O2/c1-24-18-7-5-15(6-8-18)9-11-22-19(23)10-12-21-17-4-2-3-16(13-17)14-20/h2-8,13,21H,9-12H2,1H3,(H,22,23). The molecule has 0 bridgehead atoms. The second-order valence-electron chi connectivity index (χ2n) is 5.32. The highest BCUT2D eigenvalue weighted by Crippen LogP contribution is 2.11. The highest BCUT2D eigenvalue weighted by molar-refractivity contribution is 5.76. The van der Waals surface area contributed by atoms with Gasteiger partial charge in [0.05, 0.1) is 18.7 Å². The summed E-state index contributed by atoms with van der Waals surface area (Å²) in [4.78, 5) is 11.8. The van der Waals surface area contributed by atoms with Gasteiger partial charge in [0.25, 0.3) is 0 Å². The second kappa shape index (κ2) is 9.21. The average Bonchev–Trinajstić information content (AvgIpc) is 2.62. The fraction of sp³-hybridized carbons (Fsp3) is 0.263. The zero-order chi connectivity index (χ0) is 17.2. The van der Waals surface area contributed by atoms with Crippen LogP contribution in [0, 0.1) is 11.3 Å². The molecule has 0 aliphatic heterocycles. The van der Waals surface area contributed by atoms with Crippen molar-refractivity contribution in [3.63, 3.8) is 0 Å². The molecule has 0 saturated carbocycles. The number of nitrogens with one attached hydrogen (secondary N) is 2. The van der Waals surface area contributed by atoms with Crippen LogP contribution in [0.3, 0.4) is 0 Å². The molecule has 0 aliphatic rings. The third-order valence-corrected chi connectivity index (χ3v) is 3.57. The monoisotopic (exact) mass is 323 g/mol. The number of benzene rings is 2. The Hall–Kier alpha value is -3.00. The van der Waals surface area contributed by atoms with Crippen molar-refractivity contribution in [3.05, 3.63) is 59.7 Å². The van der Waals surface area contributed by atoms with Crippen molar-refractivity contribution >= 4 is 11.6 Å². The van der Waals surface area contributed by atoms with Gasteiger partial charge in [0.2, 0.25) is 5.91 Å². The van der Waals surface area contributed by atoms with E-state index in [0.717, 1.165) is 23.4 Å². The Morgan fingerprint density at radius 3 is 2.67 bits per heavy atom. The predicted molar refractivity (Wildman–Crippen MR) is 94.0 cm³/mol. The van der Waals surface area contributed by atoms with Gasteiger partial charge in [-0.1, -0.05) is 18.2 Å². The summed E-state index contributed by atoms with van der Waals surface area (Å²) in [6.07, 6.45) is 1.17. The zero-order valence-corrected chi connectivity index (χ0v) is 13.7. The highest BCUT2D eigenvalue weighted by Gasteiger charge is 2.02. The van der Waals surface area contributed by atoms with Crippen LogP contribution in [0.15, 0.2) is 48.5 Å². The minimum absolute atomic E-state index is 0.00690. The molecule has 1 amide bonds. The molecule has 0 aromatic heterocycles. The van der Waals surface area contributed by atoms with Gasteiger partial charge in [0.15, 0.2) is 0 Å². The molecule has 0 radical (unpaired) electrons. The van der Waals surface area contributed by atoms with E-state index in [1.54, 1.807) is 19.2 Å². The van der Waals surface area contributed by atoms with E-state index in [-0.39, 0.29) is 5.91 Å². The molecule has 24 heavy (non-hydrogen) atoms. The maximum Gasteiger partial charge on any atom is 0.221 e. The number of ether oxygens (including phenoxy) is 1. The third kappa shape index (κ3) is 5.65. The van der Waals surface area contributed by atoms with Gasteiger partial charge in [-0.05, 0) is 42.3 Å². The van der Waals surface area contributed by atoms with Crippen molar-refractivity contribution < 1.29 is 9.53 Å². The van der Waals surface area contributed by atoms with E-state index in [1.807, 2.05) is 36.4 Å². The Morgan fingerprint density at radius 1 is 1.17 bits per heavy atom. The topological polar surface area (TPSA) is 74.2 Å². The van der Waals surface area contributed by atoms with E-state index in [4.69, 9.17) is 10.00 Å². The van der Waals surface area contributed by atoms with Crippen molar-refractivity contribution in [1.82, 2.24) is 5.32 Å². The Balaban J connectivity index is 1.65. The van der Waals surface area contributed by atoms with Crippen LogP contribution in [0.25, 0.3) is 0 Å². The van der Waals surface area contributed by atoms with Crippen LogP contribution in [0.1, 0.15) is 17.5 Å². The summed E-state index contributed by atoms with van der Waals surface area (Å²) >= 11 is 0. The van der Waals surface area contributed by atoms with E-state index in [1.165, 1.54) is 0 Å². The van der Waals surface area contributed by atoms with E-state index >= 15 is 0 Å². The zero-order valence-electron chi connectivity index (χ0n) is 13.7. The smallest absolute Gasteiger partial charge is 0.221 e. The number of hydrogen-bond donors (Lipinski definition) is 2. The first-order valence-corrected chi connectivity index (χ1v) is 7.85. The number of nitrogens with zero attached hydrogens (tertiary/aromatic N) is 1. The summed E-state index contributed by atoms with van der Waals surface area (Å²) in [5.41, 5.74) is 2.60. The van der Waals surface area contributed by atoms with Crippen LogP contribution < -0.4 is 15.4 Å². The first-order chi connectivity index (χ1) is 11.7. The lowest BCUT2D eigenvalue weighted by Gasteiger charge is -2.08. The molecule has 0 saturated heterocycles. The molecule has 0 fully saturated rings. The quantitative estimate of drug-likeness (QED) is 0.783. The van der Waals surface area contributed by atoms with Gasteiger partial charge in [0.1, 0.15) is 5.75 Å². The van der Waals surface area contributed by atoms with Crippen LogP contribution >= 0.6 is 0 Å². The molecule has 2 N–H and O–H groups in total. The van der Waals surface area contributed by atoms with Gasteiger partial charge >= 0.3 is 0 Å². The molecule has 0 heterocycles. The molecule has 5 nitrogen and oxygen atoms in total. The SMILES string of the molecule is COc1ccc(CCNC(=O)CCNc2cccc(C#N)c2)cc1. The minimum Gasteiger partial charge on any atom is -0.497 e. The van der Waals surface area contributed by atoms with E-state index in [0.29, 0.717) is 25.1 Å². The van der Waals surface area contributed by atoms with Gasteiger partial charge in [0, 0.05) is 25.2 Å². The van der Waals surface area contributed by atoms with Crippen molar-refractivity contribution in [2.24, 2.45) is 0 Å². The Morgan fingerprint density at radius 2 is 1.96 bits per heavy atom. The summed E-state index contributed by atoms with van der Waals surface area (Å²) in [7, 11) is 1.64. The van der Waals surface area contributed by atoms with Crippen molar-refractivity contribution in [2.75, 3.05) is 25.5 Å². The molecule has 0 atom stereocenters. The molecule has 0 spiro atoms. The molecule has 0 unspecified atom stereocenters. The Kier molecular flexibility index (Phi) is 6.66. The number of carbonyl (C=O) groups is 1. The van der Waals surface area contributed by atoms with E-state index in [2.05, 4.69) is 16.7 Å². The molecule has 124 valence electrons. The number of anilines is 1. The van der Waals surface area contributed by atoms with E-state index in [9.17, 15) is 4.79 Å². The van der Waals surface area contributed by atoms with Crippen molar-refractivity contribution in [1.29, 1.82) is 5.26 Å². The van der Waals surface area contributed by atoms with Crippen LogP contribution in [-0.2, 0) is 11.2 Å². The highest BCUT2D eigenvalue weighted by atomic mass is 16.5. The maximum atomic E-state index is 11.8. The molecule has 2 rings (SSSR count). The predicted octanol–water partition coefficient (Wildman–Crippen LogP) is 2.73. The minimum atomic E-state index is 0.00690. The number of methoxy groups -OCH3 is 1. The summed E-state index contributed by atoms with van der Waals surface area (Å²) in [6.45, 7) is 1.14. The number of nitriles is 1. The molecular weight excluding hydrogens is 302 g/mol. The van der Waals surface area contributed by atoms with Gasteiger partial charge in [-0.15, -0.1) is 0 Å². The van der Waals surface area contributed by atoms with E-state index < -0.39 is 0 Å². The van der Waals surface area contributed by atoms with Crippen molar-refractivity contribution in [2.45, 2.75) is 12.8 Å². The third-order valence-electron chi connectivity index (χ3n) is 3.57. The number of carbonyl (C=O) groups excluding carboxylic acids is 1. The molecule has 2 aromatic carbocycles. The first-order valence-electron chi connectivity index (χ1n) is 7.85. The lowest BCUT2D eigenvalue weighted by molar-refractivity contribution is -0.120. The van der Waals surface area contributed by atoms with Crippen LogP contribution in [-0.4, -0.2) is 26.1 Å². The number of rotatable bonds is 8. The number of hydrogen-bond acceptors (Lipinski definition) is 4. The Labute approximate surface area is 142 Å². The Bertz CT molecular complexity index is 705. The molecular formula is C19H21N3O2. The van der Waals surface area contributed by atoms with Gasteiger partial charge < -0.3 is 15.4 Å². The fourth-order valence-corrected chi connectivity index (χ4v) is 2.25. The van der Waals surface area contributed by atoms with Crippen LogP contribution in [0.2, 0.25) is 0 Å². The first kappa shape index (κ1) is 17.4. The van der Waals surface area contributed by atoms with Crippen LogP contribution in [0.4, 0.5) is 5.69 Å². The lowest BCUT2D eigenvalue weighted by atomic mass is 10.1. The summed E-state index contributed by atoms with van der Waals surface area (Å²) in [6, 6.07) is 17.1. The fourth-order valence-electron chi connectivity index (χ4n) is 2.25.